The van der Waals surface area contributed by atoms with Crippen molar-refractivity contribution in [2.45, 2.75) is 25.6 Å². The molecule has 2 rings (SSSR count). The van der Waals surface area contributed by atoms with Gasteiger partial charge in [0.2, 0.25) is 5.62 Å². The third-order valence-electron chi connectivity index (χ3n) is 4.07. The van der Waals surface area contributed by atoms with Gasteiger partial charge >= 0.3 is 6.18 Å². The molecule has 1 heterocycles. The number of nitrogens with zero attached hydrogens (tertiary/aromatic N) is 2. The van der Waals surface area contributed by atoms with E-state index in [9.17, 15) is 22.0 Å². The maximum Gasteiger partial charge on any atom is 0.408 e. The van der Waals surface area contributed by atoms with Crippen LogP contribution in [0.15, 0.2) is 12.1 Å². The maximum atomic E-state index is 14.8. The molecule has 1 aromatic carbocycles. The minimum absolute atomic E-state index is 0.107. The number of halogens is 6. The largest absolute Gasteiger partial charge is 0.493 e. The van der Waals surface area contributed by atoms with Crippen LogP contribution in [0.3, 0.4) is 0 Å². The van der Waals surface area contributed by atoms with Gasteiger partial charge in [0.25, 0.3) is 0 Å². The van der Waals surface area contributed by atoms with Crippen LogP contribution in [0.1, 0.15) is 13.3 Å². The van der Waals surface area contributed by atoms with E-state index in [1.807, 2.05) is 5.32 Å². The van der Waals surface area contributed by atoms with Gasteiger partial charge in [-0.2, -0.15) is 18.2 Å². The van der Waals surface area contributed by atoms with Crippen molar-refractivity contribution in [3.63, 3.8) is 0 Å². The van der Waals surface area contributed by atoms with E-state index < -0.39 is 51.6 Å². The molecule has 0 radical (unpaired) electrons. The summed E-state index contributed by atoms with van der Waals surface area (Å²) < 4.78 is 74.3. The van der Waals surface area contributed by atoms with Gasteiger partial charge < -0.3 is 21.2 Å². The number of rotatable bonds is 8. The first-order chi connectivity index (χ1) is 14.0. The molecule has 5 N–H and O–H groups in total. The lowest BCUT2D eigenvalue weighted by atomic mass is 10.1. The topological polar surface area (TPSA) is 101 Å². The molecule has 166 valence electrons. The number of nitrogens with one attached hydrogen (secondary N) is 3. The zero-order chi connectivity index (χ0) is 22.6. The Labute approximate surface area is 173 Å². The van der Waals surface area contributed by atoms with E-state index in [1.165, 1.54) is 0 Å². The van der Waals surface area contributed by atoms with Crippen LogP contribution in [-0.2, 0) is 0 Å². The van der Waals surface area contributed by atoms with Crippen LogP contribution in [0.2, 0.25) is 5.15 Å². The molecule has 0 aliphatic carbocycles. The summed E-state index contributed by atoms with van der Waals surface area (Å²) in [6.45, 7) is 1.59. The molecular weight excluding hydrogens is 435 g/mol. The molecule has 30 heavy (non-hydrogen) atoms. The Hall–Kier alpha value is -2.60. The molecular formula is C17H20ClF5N6O. The Bertz CT molecular complexity index is 942. The number of ether oxygens (including phenoxy) is 1. The Morgan fingerprint density at radius 3 is 2.40 bits per heavy atom. The number of alkyl halides is 3. The normalized spacial score (nSPS) is 12.7. The average molecular weight is 455 g/mol. The molecule has 0 amide bonds. The molecule has 0 saturated carbocycles. The first-order valence-corrected chi connectivity index (χ1v) is 9.07. The van der Waals surface area contributed by atoms with Crippen LogP contribution in [0.4, 0.5) is 27.8 Å². The van der Waals surface area contributed by atoms with Gasteiger partial charge in [-0.3, -0.25) is 5.41 Å². The van der Waals surface area contributed by atoms with Crippen molar-refractivity contribution < 1.29 is 26.7 Å². The smallest absolute Gasteiger partial charge is 0.408 e. The molecule has 0 aliphatic heterocycles. The molecule has 0 spiro atoms. The molecule has 1 aromatic heterocycles. The van der Waals surface area contributed by atoms with Gasteiger partial charge in [-0.05, 0) is 26.9 Å². The highest BCUT2D eigenvalue weighted by Gasteiger charge is 2.37. The highest BCUT2D eigenvalue weighted by atomic mass is 35.5. The Morgan fingerprint density at radius 1 is 1.27 bits per heavy atom. The molecule has 0 bridgehead atoms. The second-order valence-electron chi connectivity index (χ2n) is 6.29. The molecule has 7 nitrogen and oxygen atoms in total. The number of nitrogens with two attached hydrogens (primary N) is 1. The number of aromatic nitrogens is 2. The zero-order valence-corrected chi connectivity index (χ0v) is 16.8. The van der Waals surface area contributed by atoms with Crippen molar-refractivity contribution in [3.05, 3.63) is 34.5 Å². The van der Waals surface area contributed by atoms with E-state index in [-0.39, 0.29) is 12.4 Å². The van der Waals surface area contributed by atoms with Crippen molar-refractivity contribution in [2.24, 2.45) is 0 Å². The number of anilines is 1. The molecule has 0 fully saturated rings. The lowest BCUT2D eigenvalue weighted by Gasteiger charge is -2.23. The summed E-state index contributed by atoms with van der Waals surface area (Å²) in [5, 5.41) is 11.9. The number of benzene rings is 1. The minimum Gasteiger partial charge on any atom is -0.493 e. The average Bonchev–Trinajstić information content (AvgIpc) is 2.64. The van der Waals surface area contributed by atoms with Crippen LogP contribution in [0.5, 0.6) is 5.75 Å². The summed E-state index contributed by atoms with van der Waals surface area (Å²) in [7, 11) is 1.74. The first-order valence-electron chi connectivity index (χ1n) is 8.69. The van der Waals surface area contributed by atoms with E-state index in [1.54, 1.807) is 7.05 Å². The lowest BCUT2D eigenvalue weighted by molar-refractivity contribution is -0.138. The molecule has 0 saturated heterocycles. The molecule has 2 aromatic rings. The second-order valence-corrected chi connectivity index (χ2v) is 6.65. The van der Waals surface area contributed by atoms with Crippen LogP contribution < -0.4 is 26.8 Å². The van der Waals surface area contributed by atoms with Crippen molar-refractivity contribution in [1.29, 1.82) is 5.41 Å². The van der Waals surface area contributed by atoms with Gasteiger partial charge in [-0.1, -0.05) is 11.6 Å². The Balaban J connectivity index is 2.55. The van der Waals surface area contributed by atoms with Gasteiger partial charge in [-0.25, -0.2) is 13.5 Å². The van der Waals surface area contributed by atoms with Crippen LogP contribution in [0, 0.1) is 17.0 Å². The zero-order valence-electron chi connectivity index (χ0n) is 16.0. The highest BCUT2D eigenvalue weighted by molar-refractivity contribution is 6.32. The lowest BCUT2D eigenvalue weighted by Crippen LogP contribution is -2.39. The monoisotopic (exact) mass is 454 g/mol. The quantitative estimate of drug-likeness (QED) is 0.213. The summed E-state index contributed by atoms with van der Waals surface area (Å²) in [6, 6.07) is -0.411. The first kappa shape index (κ1) is 23.7. The molecule has 1 atom stereocenters. The van der Waals surface area contributed by atoms with E-state index in [2.05, 4.69) is 10.3 Å². The maximum absolute atomic E-state index is 14.8. The van der Waals surface area contributed by atoms with Crippen LogP contribution in [-0.4, -0.2) is 42.1 Å². The van der Waals surface area contributed by atoms with Gasteiger partial charge in [0.15, 0.2) is 0 Å². The fraction of sp³-hybridized carbons (Fsp3) is 0.412. The van der Waals surface area contributed by atoms with Gasteiger partial charge in [0, 0.05) is 12.1 Å². The fourth-order valence-electron chi connectivity index (χ4n) is 2.49. The van der Waals surface area contributed by atoms with Gasteiger partial charge in [0.05, 0.1) is 17.7 Å². The van der Waals surface area contributed by atoms with E-state index >= 15 is 0 Å². The van der Waals surface area contributed by atoms with E-state index in [0.717, 1.165) is 19.1 Å². The summed E-state index contributed by atoms with van der Waals surface area (Å²) >= 11 is 5.95. The van der Waals surface area contributed by atoms with Crippen molar-refractivity contribution in [1.82, 2.24) is 15.0 Å². The Kier molecular flexibility index (Phi) is 7.48. The predicted molar refractivity (Wildman–Crippen MR) is 102 cm³/mol. The third-order valence-corrected chi connectivity index (χ3v) is 4.34. The van der Waals surface area contributed by atoms with Crippen molar-refractivity contribution in [2.75, 3.05) is 31.4 Å². The number of hydrogen-bond donors (Lipinski definition) is 4. The van der Waals surface area contributed by atoms with Crippen LogP contribution >= 0.6 is 11.6 Å². The summed E-state index contributed by atoms with van der Waals surface area (Å²) in [4.78, 5) is 3.53. The number of nitrogen functional groups attached to an aromatic ring is 1. The van der Waals surface area contributed by atoms with Crippen molar-refractivity contribution in [3.8, 4) is 16.9 Å². The van der Waals surface area contributed by atoms with Crippen LogP contribution in [0.25, 0.3) is 11.1 Å². The highest BCUT2D eigenvalue weighted by Crippen LogP contribution is 2.38. The summed E-state index contributed by atoms with van der Waals surface area (Å²) in [6.07, 6.45) is -4.12. The summed E-state index contributed by atoms with van der Waals surface area (Å²) in [5.41, 5.74) is -2.03. The van der Waals surface area contributed by atoms with Crippen molar-refractivity contribution >= 4 is 17.4 Å². The molecule has 13 heteroatoms. The molecule has 0 aliphatic rings. The second kappa shape index (κ2) is 9.47. The standard InChI is InChI=1S/C17H20ClF5N6O/c1-8(17(21,22)23)27-15-13(14(18)28-16(24)29(15)25)12-10(19)6-9(7-11(12)20)30-5-3-4-26-2/h6-8,24,26-27H,3-5,25H2,1-2H3/t8-/m0/s1. The predicted octanol–water partition coefficient (Wildman–Crippen LogP) is 3.03. The Morgan fingerprint density at radius 2 is 1.87 bits per heavy atom. The SMILES string of the molecule is CNCCCOc1cc(F)c(-c2c(Cl)nc(=N)n(N)c2N[C@@H](C)C(F)(F)F)c(F)c1. The van der Waals surface area contributed by atoms with E-state index in [4.69, 9.17) is 27.6 Å². The number of hydrogen-bond acceptors (Lipinski definition) is 6. The molecule has 0 unspecified atom stereocenters. The fourth-order valence-corrected chi connectivity index (χ4v) is 2.75. The summed E-state index contributed by atoms with van der Waals surface area (Å²) in [5.74, 6) is 2.58. The van der Waals surface area contributed by atoms with Gasteiger partial charge in [-0.15, -0.1) is 0 Å². The minimum atomic E-state index is -4.70. The third kappa shape index (κ3) is 5.30. The van der Waals surface area contributed by atoms with Gasteiger partial charge in [0.1, 0.15) is 34.4 Å². The van der Waals surface area contributed by atoms with E-state index in [0.29, 0.717) is 17.6 Å².